The predicted molar refractivity (Wildman–Crippen MR) is 84.6 cm³/mol. The lowest BCUT2D eigenvalue weighted by Gasteiger charge is -2.34. The van der Waals surface area contributed by atoms with Crippen LogP contribution >= 0.6 is 0 Å². The van der Waals surface area contributed by atoms with Gasteiger partial charge in [-0.3, -0.25) is 4.79 Å². The minimum absolute atomic E-state index is 0.223. The molecule has 1 aliphatic rings. The third-order valence-corrected chi connectivity index (χ3v) is 4.11. The number of hydrogen-bond acceptors (Lipinski definition) is 3. The summed E-state index contributed by atoms with van der Waals surface area (Å²) >= 11 is 0. The monoisotopic (exact) mass is 274 g/mol. The van der Waals surface area contributed by atoms with Gasteiger partial charge in [0.2, 0.25) is 0 Å². The Morgan fingerprint density at radius 1 is 1.20 bits per heavy atom. The number of ketones is 1. The molecular formula is C17H26N2O. The van der Waals surface area contributed by atoms with Crippen molar-refractivity contribution in [3.8, 4) is 0 Å². The summed E-state index contributed by atoms with van der Waals surface area (Å²) in [5.74, 6) is 1.04. The molecule has 1 aromatic carbocycles. The predicted octanol–water partition coefficient (Wildman–Crippen LogP) is 3.06. The molecule has 0 aliphatic carbocycles. The van der Waals surface area contributed by atoms with E-state index in [4.69, 9.17) is 0 Å². The molecule has 1 heterocycles. The number of benzene rings is 1. The molecule has 1 aromatic rings. The van der Waals surface area contributed by atoms with Crippen molar-refractivity contribution >= 4 is 11.5 Å². The van der Waals surface area contributed by atoms with Crippen molar-refractivity contribution in [3.63, 3.8) is 0 Å². The Balaban J connectivity index is 1.92. The van der Waals surface area contributed by atoms with E-state index >= 15 is 0 Å². The Kier molecular flexibility index (Phi) is 5.18. The Morgan fingerprint density at radius 2 is 1.80 bits per heavy atom. The van der Waals surface area contributed by atoms with Crippen LogP contribution in [-0.2, 0) is 0 Å². The Labute approximate surface area is 122 Å². The quantitative estimate of drug-likeness (QED) is 0.771. The van der Waals surface area contributed by atoms with Crippen molar-refractivity contribution < 1.29 is 4.79 Å². The number of carbonyl (C=O) groups is 1. The summed E-state index contributed by atoms with van der Waals surface area (Å²) in [4.78, 5) is 16.3. The minimum Gasteiger partial charge on any atom is -0.372 e. The van der Waals surface area contributed by atoms with Gasteiger partial charge in [0.05, 0.1) is 0 Å². The van der Waals surface area contributed by atoms with Gasteiger partial charge in [0, 0.05) is 37.3 Å². The fourth-order valence-electron chi connectivity index (χ4n) is 2.95. The van der Waals surface area contributed by atoms with Crippen molar-refractivity contribution in [2.24, 2.45) is 5.92 Å². The molecule has 20 heavy (non-hydrogen) atoms. The Bertz CT molecular complexity index is 431. The van der Waals surface area contributed by atoms with Crippen LogP contribution in [0.15, 0.2) is 24.3 Å². The number of nitrogens with zero attached hydrogens (tertiary/aromatic N) is 2. The van der Waals surface area contributed by atoms with Crippen LogP contribution in [0.1, 0.15) is 36.5 Å². The van der Waals surface area contributed by atoms with Gasteiger partial charge in [0.1, 0.15) is 0 Å². The molecule has 0 amide bonds. The number of Topliss-reactive ketones (excluding diaryl/α,β-unsaturated/α-hetero) is 1. The molecule has 0 radical (unpaired) electrons. The zero-order valence-corrected chi connectivity index (χ0v) is 12.9. The van der Waals surface area contributed by atoms with Gasteiger partial charge < -0.3 is 9.80 Å². The zero-order valence-electron chi connectivity index (χ0n) is 12.9. The van der Waals surface area contributed by atoms with E-state index in [9.17, 15) is 4.79 Å². The van der Waals surface area contributed by atoms with Crippen LogP contribution in [0.5, 0.6) is 0 Å². The van der Waals surface area contributed by atoms with Crippen LogP contribution in [0.25, 0.3) is 0 Å². The van der Waals surface area contributed by atoms with Gasteiger partial charge in [-0.15, -0.1) is 0 Å². The number of anilines is 1. The van der Waals surface area contributed by atoms with E-state index in [1.807, 2.05) is 19.1 Å². The maximum atomic E-state index is 11.6. The largest absolute Gasteiger partial charge is 0.372 e. The third-order valence-electron chi connectivity index (χ3n) is 4.11. The van der Waals surface area contributed by atoms with Crippen LogP contribution in [0.3, 0.4) is 0 Å². The first-order valence-electron chi connectivity index (χ1n) is 7.63. The van der Waals surface area contributed by atoms with Gasteiger partial charge in [-0.05, 0) is 57.1 Å². The van der Waals surface area contributed by atoms with Crippen molar-refractivity contribution in [2.75, 3.05) is 38.6 Å². The lowest BCUT2D eigenvalue weighted by atomic mass is 9.96. The fourth-order valence-corrected chi connectivity index (χ4v) is 2.95. The summed E-state index contributed by atoms with van der Waals surface area (Å²) in [6.07, 6.45) is 3.09. The van der Waals surface area contributed by atoms with Gasteiger partial charge in [-0.25, -0.2) is 0 Å². The molecule has 0 aromatic heterocycles. The second-order valence-corrected chi connectivity index (χ2v) is 6.02. The lowest BCUT2D eigenvalue weighted by Crippen LogP contribution is -2.37. The van der Waals surface area contributed by atoms with Gasteiger partial charge in [-0.1, -0.05) is 6.92 Å². The van der Waals surface area contributed by atoms with Gasteiger partial charge in [-0.2, -0.15) is 0 Å². The summed E-state index contributed by atoms with van der Waals surface area (Å²) in [5.41, 5.74) is 2.08. The molecule has 0 atom stereocenters. The van der Waals surface area contributed by atoms with Crippen molar-refractivity contribution in [3.05, 3.63) is 29.8 Å². The molecule has 0 spiro atoms. The summed E-state index contributed by atoms with van der Waals surface area (Å²) in [7, 11) is 4.30. The summed E-state index contributed by atoms with van der Waals surface area (Å²) in [6.45, 7) is 5.35. The average molecular weight is 274 g/mol. The van der Waals surface area contributed by atoms with Crippen LogP contribution in [-0.4, -0.2) is 44.4 Å². The highest BCUT2D eigenvalue weighted by Gasteiger charge is 2.19. The highest BCUT2D eigenvalue weighted by atomic mass is 16.1. The Morgan fingerprint density at radius 3 is 2.30 bits per heavy atom. The van der Waals surface area contributed by atoms with Gasteiger partial charge in [0.15, 0.2) is 5.78 Å². The highest BCUT2D eigenvalue weighted by Crippen LogP contribution is 2.24. The Hall–Kier alpha value is -1.35. The molecular weight excluding hydrogens is 248 g/mol. The molecule has 110 valence electrons. The topological polar surface area (TPSA) is 23.6 Å². The first-order valence-corrected chi connectivity index (χ1v) is 7.63. The third kappa shape index (κ3) is 3.83. The molecule has 0 bridgehead atoms. The minimum atomic E-state index is 0.223. The van der Waals surface area contributed by atoms with Crippen molar-refractivity contribution in [1.82, 2.24) is 4.90 Å². The fraction of sp³-hybridized carbons (Fsp3) is 0.588. The lowest BCUT2D eigenvalue weighted by molar-refractivity contribution is 0.0988. The molecule has 3 nitrogen and oxygen atoms in total. The van der Waals surface area contributed by atoms with Crippen molar-refractivity contribution in [2.45, 2.75) is 26.2 Å². The normalized spacial score (nSPS) is 16.7. The van der Waals surface area contributed by atoms with E-state index in [2.05, 4.69) is 36.0 Å². The average Bonchev–Trinajstić information content (AvgIpc) is 2.47. The molecule has 1 saturated heterocycles. The number of rotatable bonds is 5. The zero-order chi connectivity index (χ0) is 14.5. The van der Waals surface area contributed by atoms with Crippen LogP contribution in [0.2, 0.25) is 0 Å². The summed E-state index contributed by atoms with van der Waals surface area (Å²) in [6, 6.07) is 8.12. The SMILES string of the molecule is CCC(=O)c1ccc(N2CCC(CN(C)C)CC2)cc1. The molecule has 0 saturated carbocycles. The van der Waals surface area contributed by atoms with E-state index < -0.39 is 0 Å². The van der Waals surface area contributed by atoms with Gasteiger partial charge >= 0.3 is 0 Å². The molecule has 2 rings (SSSR count). The van der Waals surface area contributed by atoms with Crippen LogP contribution in [0, 0.1) is 5.92 Å². The van der Waals surface area contributed by atoms with Gasteiger partial charge in [0.25, 0.3) is 0 Å². The maximum absolute atomic E-state index is 11.6. The first kappa shape index (κ1) is 15.0. The second-order valence-electron chi connectivity index (χ2n) is 6.02. The van der Waals surface area contributed by atoms with E-state index in [1.54, 1.807) is 0 Å². The van der Waals surface area contributed by atoms with E-state index in [-0.39, 0.29) is 5.78 Å². The molecule has 1 fully saturated rings. The number of hydrogen-bond donors (Lipinski definition) is 0. The van der Waals surface area contributed by atoms with E-state index in [0.29, 0.717) is 6.42 Å². The second kappa shape index (κ2) is 6.89. The number of carbonyl (C=O) groups excluding carboxylic acids is 1. The standard InChI is InChI=1S/C17H26N2O/c1-4-17(20)15-5-7-16(8-6-15)19-11-9-14(10-12-19)13-18(2)3/h5-8,14H,4,9-13H2,1-3H3. The number of piperidine rings is 1. The van der Waals surface area contributed by atoms with E-state index in [1.165, 1.54) is 25.1 Å². The molecule has 0 unspecified atom stereocenters. The van der Waals surface area contributed by atoms with E-state index in [0.717, 1.165) is 24.6 Å². The van der Waals surface area contributed by atoms with Crippen LogP contribution < -0.4 is 4.90 Å². The maximum Gasteiger partial charge on any atom is 0.162 e. The molecule has 3 heteroatoms. The highest BCUT2D eigenvalue weighted by molar-refractivity contribution is 5.96. The first-order chi connectivity index (χ1) is 9.60. The van der Waals surface area contributed by atoms with Crippen LogP contribution in [0.4, 0.5) is 5.69 Å². The molecule has 0 N–H and O–H groups in total. The summed E-state index contributed by atoms with van der Waals surface area (Å²) < 4.78 is 0. The smallest absolute Gasteiger partial charge is 0.162 e. The molecule has 1 aliphatic heterocycles. The summed E-state index contributed by atoms with van der Waals surface area (Å²) in [5, 5.41) is 0. The van der Waals surface area contributed by atoms with Crippen molar-refractivity contribution in [1.29, 1.82) is 0 Å².